The highest BCUT2D eigenvalue weighted by Crippen LogP contribution is 2.41. The van der Waals surface area contributed by atoms with Crippen LogP contribution in [-0.2, 0) is 22.7 Å². The molecule has 2 heterocycles. The topological polar surface area (TPSA) is 48.1 Å². The number of fused-ring (bicyclic) bond motifs is 1. The number of amides is 1. The smallest absolute Gasteiger partial charge is 0.356 e. The number of alkyl halides is 6. The Bertz CT molecular complexity index is 881. The van der Waals surface area contributed by atoms with Gasteiger partial charge in [0.1, 0.15) is 0 Å². The molecule has 1 amide bonds. The van der Waals surface area contributed by atoms with Gasteiger partial charge in [0.05, 0.1) is 23.2 Å². The van der Waals surface area contributed by atoms with E-state index in [0.29, 0.717) is 19.2 Å². The number of halogens is 6. The number of H-pyrrole nitrogens is 1. The van der Waals surface area contributed by atoms with Crippen LogP contribution in [-0.4, -0.2) is 35.4 Å². The first-order valence-corrected chi connectivity index (χ1v) is 8.14. The van der Waals surface area contributed by atoms with Crippen LogP contribution in [0.4, 0.5) is 26.3 Å². The predicted octanol–water partition coefficient (Wildman–Crippen LogP) is 3.87. The van der Waals surface area contributed by atoms with Crippen LogP contribution < -0.4 is 5.32 Å². The molecule has 10 heteroatoms. The van der Waals surface area contributed by atoms with Crippen LogP contribution in [0.2, 0.25) is 0 Å². The van der Waals surface area contributed by atoms with Gasteiger partial charge in [0.25, 0.3) is 0 Å². The molecule has 1 aromatic carbocycles. The first kappa shape index (κ1) is 19.5. The Morgan fingerprint density at radius 3 is 2.22 bits per heavy atom. The van der Waals surface area contributed by atoms with E-state index in [-0.39, 0.29) is 35.1 Å². The molecule has 2 N–H and O–H groups in total. The number of piperazine rings is 1. The molecular formula is C17H17F6N3O. The Balaban J connectivity index is 2.18. The van der Waals surface area contributed by atoms with Crippen molar-refractivity contribution in [3.05, 3.63) is 35.0 Å². The van der Waals surface area contributed by atoms with Gasteiger partial charge in [0.15, 0.2) is 0 Å². The van der Waals surface area contributed by atoms with E-state index in [9.17, 15) is 31.1 Å². The third kappa shape index (κ3) is 3.50. The lowest BCUT2D eigenvalue weighted by atomic mass is 9.96. The Kier molecular flexibility index (Phi) is 4.45. The van der Waals surface area contributed by atoms with Crippen LogP contribution >= 0.6 is 0 Å². The molecule has 27 heavy (non-hydrogen) atoms. The molecule has 1 saturated heterocycles. The van der Waals surface area contributed by atoms with Crippen molar-refractivity contribution in [1.82, 2.24) is 15.2 Å². The first-order valence-electron chi connectivity index (χ1n) is 8.14. The van der Waals surface area contributed by atoms with E-state index in [1.54, 1.807) is 13.8 Å². The van der Waals surface area contributed by atoms with E-state index in [4.69, 9.17) is 0 Å². The maximum atomic E-state index is 13.4. The number of rotatable bonds is 2. The summed E-state index contributed by atoms with van der Waals surface area (Å²) < 4.78 is 79.1. The lowest BCUT2D eigenvalue weighted by Crippen LogP contribution is -2.55. The molecule has 0 aliphatic carbocycles. The molecule has 148 valence electrons. The quantitative estimate of drug-likeness (QED) is 0.761. The second-order valence-corrected chi connectivity index (χ2v) is 6.94. The summed E-state index contributed by atoms with van der Waals surface area (Å²) in [7, 11) is 0. The van der Waals surface area contributed by atoms with Crippen LogP contribution in [0.5, 0.6) is 0 Å². The van der Waals surface area contributed by atoms with E-state index < -0.39 is 29.0 Å². The van der Waals surface area contributed by atoms with Gasteiger partial charge in [-0.2, -0.15) is 26.3 Å². The lowest BCUT2D eigenvalue weighted by Gasteiger charge is -2.40. The number of nitrogens with zero attached hydrogens (tertiary/aromatic N) is 1. The van der Waals surface area contributed by atoms with Crippen LogP contribution in [0.3, 0.4) is 0 Å². The molecule has 0 bridgehead atoms. The van der Waals surface area contributed by atoms with E-state index in [2.05, 4.69) is 10.3 Å². The number of carbonyl (C=O) groups excluding carboxylic acids is 1. The fourth-order valence-corrected chi connectivity index (χ4v) is 3.31. The van der Waals surface area contributed by atoms with Gasteiger partial charge in [0, 0.05) is 29.7 Å². The highest BCUT2D eigenvalue weighted by atomic mass is 19.4. The minimum atomic E-state index is -4.95. The van der Waals surface area contributed by atoms with Gasteiger partial charge in [-0.3, -0.25) is 4.79 Å². The van der Waals surface area contributed by atoms with Gasteiger partial charge in [-0.25, -0.2) is 0 Å². The highest BCUT2D eigenvalue weighted by Gasteiger charge is 2.40. The minimum absolute atomic E-state index is 0.0929. The Morgan fingerprint density at radius 2 is 1.67 bits per heavy atom. The Morgan fingerprint density at radius 1 is 1.00 bits per heavy atom. The number of hydrogen-bond donors (Lipinski definition) is 2. The number of nitrogens with one attached hydrogen (secondary N) is 2. The van der Waals surface area contributed by atoms with Gasteiger partial charge >= 0.3 is 12.4 Å². The van der Waals surface area contributed by atoms with Gasteiger partial charge < -0.3 is 15.2 Å². The zero-order valence-electron chi connectivity index (χ0n) is 14.5. The fourth-order valence-electron chi connectivity index (χ4n) is 3.31. The predicted molar refractivity (Wildman–Crippen MR) is 85.9 cm³/mol. The maximum absolute atomic E-state index is 13.4. The normalized spacial score (nSPS) is 17.0. The van der Waals surface area contributed by atoms with E-state index in [1.807, 2.05) is 0 Å². The van der Waals surface area contributed by atoms with E-state index in [0.717, 1.165) is 0 Å². The zero-order valence-corrected chi connectivity index (χ0v) is 14.5. The largest absolute Gasteiger partial charge is 0.417 e. The number of aromatic nitrogens is 1. The third-order valence-electron chi connectivity index (χ3n) is 4.79. The molecule has 0 radical (unpaired) electrons. The summed E-state index contributed by atoms with van der Waals surface area (Å²) >= 11 is 0. The first-order chi connectivity index (χ1) is 12.3. The molecule has 4 nitrogen and oxygen atoms in total. The summed E-state index contributed by atoms with van der Waals surface area (Å²) in [6.45, 7) is 4.22. The summed E-state index contributed by atoms with van der Waals surface area (Å²) in [5, 5.41) is 2.53. The van der Waals surface area contributed by atoms with Crippen molar-refractivity contribution >= 4 is 16.8 Å². The van der Waals surface area contributed by atoms with Gasteiger partial charge in [-0.05, 0) is 32.0 Å². The van der Waals surface area contributed by atoms with Crippen molar-refractivity contribution in [2.24, 2.45) is 0 Å². The van der Waals surface area contributed by atoms with Crippen LogP contribution in [0.15, 0.2) is 18.2 Å². The van der Waals surface area contributed by atoms with Gasteiger partial charge in [-0.15, -0.1) is 0 Å². The molecule has 0 spiro atoms. The summed E-state index contributed by atoms with van der Waals surface area (Å²) in [6, 6.07) is 1.94. The molecule has 0 saturated carbocycles. The SMILES string of the molecule is CC(C)(c1cc2c(C(F)(F)F)cc(C(F)(F)F)cc2[nH]1)N1CCNCC1=O. The standard InChI is InChI=1S/C17H17F6N3O/c1-15(2,26-4-3-24-8-14(26)27)13-7-10-11(17(21,22)23)5-9(16(18,19)20)6-12(10)25-13/h5-7,24-25H,3-4,8H2,1-2H3. The van der Waals surface area contributed by atoms with Crippen LogP contribution in [0.1, 0.15) is 30.7 Å². The monoisotopic (exact) mass is 393 g/mol. The molecular weight excluding hydrogens is 376 g/mol. The lowest BCUT2D eigenvalue weighted by molar-refractivity contribution is -0.142. The van der Waals surface area contributed by atoms with Crippen molar-refractivity contribution in [2.45, 2.75) is 31.7 Å². The van der Waals surface area contributed by atoms with Crippen molar-refractivity contribution < 1.29 is 31.1 Å². The van der Waals surface area contributed by atoms with E-state index >= 15 is 0 Å². The second-order valence-electron chi connectivity index (χ2n) is 6.94. The number of carbonyl (C=O) groups is 1. The van der Waals surface area contributed by atoms with E-state index in [1.165, 1.54) is 11.0 Å². The molecule has 1 aromatic heterocycles. The van der Waals surface area contributed by atoms with Crippen molar-refractivity contribution in [1.29, 1.82) is 0 Å². The molecule has 3 rings (SSSR count). The minimum Gasteiger partial charge on any atom is -0.356 e. The van der Waals surface area contributed by atoms with Crippen LogP contribution in [0, 0.1) is 0 Å². The zero-order chi connectivity index (χ0) is 20.2. The van der Waals surface area contributed by atoms with Gasteiger partial charge in [-0.1, -0.05) is 0 Å². The maximum Gasteiger partial charge on any atom is 0.417 e. The van der Waals surface area contributed by atoms with Crippen molar-refractivity contribution in [2.75, 3.05) is 19.6 Å². The Labute approximate surface area is 150 Å². The molecule has 2 aromatic rings. The van der Waals surface area contributed by atoms with Crippen molar-refractivity contribution in [3.63, 3.8) is 0 Å². The molecule has 0 atom stereocenters. The number of aromatic amines is 1. The summed E-state index contributed by atoms with van der Waals surface area (Å²) in [5.41, 5.74) is -3.80. The second kappa shape index (κ2) is 6.15. The summed E-state index contributed by atoms with van der Waals surface area (Å²) in [4.78, 5) is 16.3. The fraction of sp³-hybridized carbons (Fsp3) is 0.471. The molecule has 1 aliphatic heterocycles. The highest BCUT2D eigenvalue weighted by molar-refractivity contribution is 5.86. The molecule has 0 unspecified atom stereocenters. The molecule has 1 fully saturated rings. The van der Waals surface area contributed by atoms with Gasteiger partial charge in [0.2, 0.25) is 5.91 Å². The summed E-state index contributed by atoms with van der Waals surface area (Å²) in [5.74, 6) is -0.239. The number of benzene rings is 1. The Hall–Kier alpha value is -2.23. The van der Waals surface area contributed by atoms with Crippen molar-refractivity contribution in [3.8, 4) is 0 Å². The average molecular weight is 393 g/mol. The summed E-state index contributed by atoms with van der Waals surface area (Å²) in [6.07, 6.45) is -9.86. The number of hydrogen-bond acceptors (Lipinski definition) is 2. The molecule has 1 aliphatic rings. The average Bonchev–Trinajstić information content (AvgIpc) is 2.97. The van der Waals surface area contributed by atoms with Crippen LogP contribution in [0.25, 0.3) is 10.9 Å². The third-order valence-corrected chi connectivity index (χ3v) is 4.79.